The van der Waals surface area contributed by atoms with Crippen LogP contribution in [0.2, 0.25) is 0 Å². The molecule has 278 valence electrons. The van der Waals surface area contributed by atoms with Crippen LogP contribution in [0, 0.1) is 0 Å². The molecule has 0 saturated carbocycles. The monoisotopic (exact) mass is 692 g/mol. The highest BCUT2D eigenvalue weighted by Crippen LogP contribution is 2.49. The molecule has 3 N–H and O–H groups in total. The van der Waals surface area contributed by atoms with Gasteiger partial charge in [0.2, 0.25) is 0 Å². The maximum absolute atomic E-state index is 13.0. The van der Waals surface area contributed by atoms with Gasteiger partial charge in [-0.3, -0.25) is 18.4 Å². The number of amides is 1. The highest BCUT2D eigenvalue weighted by molar-refractivity contribution is 7.48. The van der Waals surface area contributed by atoms with Crippen LogP contribution in [0.25, 0.3) is 0 Å². The largest absolute Gasteiger partial charge is 0.475 e. The minimum Gasteiger partial charge on any atom is -0.462 e. The molecule has 47 heavy (non-hydrogen) atoms. The summed E-state index contributed by atoms with van der Waals surface area (Å²) in [7, 11) is -3.96. The summed E-state index contributed by atoms with van der Waals surface area (Å²) in [4.78, 5) is 25.2. The summed E-state index contributed by atoms with van der Waals surface area (Å²) in [6.07, 6.45) is 18.6. The lowest BCUT2D eigenvalue weighted by molar-refractivity contribution is -0.150. The zero-order valence-electron chi connectivity index (χ0n) is 30.4. The number of carbonyl (C=O) groups is 2. The van der Waals surface area contributed by atoms with E-state index in [1.807, 2.05) is 0 Å². The molecule has 0 heterocycles. The normalized spacial score (nSPS) is 14.3. The van der Waals surface area contributed by atoms with Crippen molar-refractivity contribution in [2.45, 2.75) is 162 Å². The number of esters is 1. The van der Waals surface area contributed by atoms with E-state index in [9.17, 15) is 14.2 Å². The van der Waals surface area contributed by atoms with E-state index in [0.717, 1.165) is 38.5 Å². The lowest BCUT2D eigenvalue weighted by atomic mass is 10.1. The fourth-order valence-corrected chi connectivity index (χ4v) is 5.91. The first-order chi connectivity index (χ1) is 22.5. The van der Waals surface area contributed by atoms with Crippen molar-refractivity contribution in [3.8, 4) is 0 Å². The Morgan fingerprint density at radius 2 is 1.40 bits per heavy atom. The second kappa shape index (κ2) is 29.4. The summed E-state index contributed by atoms with van der Waals surface area (Å²) in [6, 6.07) is -0.728. The van der Waals surface area contributed by atoms with Crippen LogP contribution in [0.5, 0.6) is 0 Å². The van der Waals surface area contributed by atoms with Crippen molar-refractivity contribution in [2.75, 3.05) is 39.6 Å². The van der Waals surface area contributed by atoms with Gasteiger partial charge < -0.3 is 25.3 Å². The Hall–Kier alpha value is -1.49. The van der Waals surface area contributed by atoms with Crippen molar-refractivity contribution < 1.29 is 41.9 Å². The van der Waals surface area contributed by atoms with Crippen LogP contribution in [0.4, 0.5) is 4.79 Å². The molecule has 11 nitrogen and oxygen atoms in total. The van der Waals surface area contributed by atoms with Crippen LogP contribution in [0.15, 0.2) is 12.7 Å². The Labute approximate surface area is 286 Å². The Balaban J connectivity index is 5.03. The molecule has 0 aliphatic carbocycles. The number of alkyl carbamates (subject to hydrolysis) is 1. The summed E-state index contributed by atoms with van der Waals surface area (Å²) in [5.74, 6) is -0.155. The number of nitrogens with two attached hydrogens (primary N) is 1. The van der Waals surface area contributed by atoms with Crippen molar-refractivity contribution in [1.29, 1.82) is 0 Å². The molecule has 1 unspecified atom stereocenters. The SMILES string of the molecule is C=CCOP(=O)(OCCN)OC[C@@H](COCC[C@@H](CCCCCCC)OC(=O)CCCCCCCCCCC)NC(=O)OC(C)(C)C. The number of rotatable bonds is 32. The van der Waals surface area contributed by atoms with Crippen LogP contribution in [0.3, 0.4) is 0 Å². The topological polar surface area (TPSA) is 145 Å². The lowest BCUT2D eigenvalue weighted by Crippen LogP contribution is -2.44. The Morgan fingerprint density at radius 1 is 0.809 bits per heavy atom. The third-order valence-electron chi connectivity index (χ3n) is 7.19. The number of phosphoric ester groups is 1. The number of ether oxygens (including phenoxy) is 3. The van der Waals surface area contributed by atoms with Gasteiger partial charge in [0.05, 0.1) is 39.1 Å². The first kappa shape index (κ1) is 45.5. The van der Waals surface area contributed by atoms with Gasteiger partial charge in [-0.2, -0.15) is 0 Å². The van der Waals surface area contributed by atoms with Crippen LogP contribution >= 0.6 is 7.82 Å². The molecule has 0 bridgehead atoms. The molecule has 1 amide bonds. The van der Waals surface area contributed by atoms with Crippen molar-refractivity contribution in [3.63, 3.8) is 0 Å². The van der Waals surface area contributed by atoms with Crippen molar-refractivity contribution in [2.24, 2.45) is 5.73 Å². The summed E-state index contributed by atoms with van der Waals surface area (Å²) < 4.78 is 46.2. The van der Waals surface area contributed by atoms with E-state index in [4.69, 9.17) is 33.5 Å². The van der Waals surface area contributed by atoms with Crippen LogP contribution < -0.4 is 11.1 Å². The first-order valence-corrected chi connectivity index (χ1v) is 19.6. The molecule has 0 radical (unpaired) electrons. The maximum atomic E-state index is 13.0. The third kappa shape index (κ3) is 29.2. The highest BCUT2D eigenvalue weighted by atomic mass is 31.2. The summed E-state index contributed by atoms with van der Waals surface area (Å²) in [5, 5.41) is 2.71. The van der Waals surface area contributed by atoms with Gasteiger partial charge in [0.15, 0.2) is 0 Å². The molecule has 0 saturated heterocycles. The second-order valence-corrected chi connectivity index (χ2v) is 14.7. The molecule has 0 aliphatic rings. The molecule has 12 heteroatoms. The molecular weight excluding hydrogens is 623 g/mol. The molecule has 0 spiro atoms. The molecule has 3 atom stereocenters. The van der Waals surface area contributed by atoms with Gasteiger partial charge in [-0.05, 0) is 40.0 Å². The Kier molecular flexibility index (Phi) is 28.5. The van der Waals surface area contributed by atoms with Gasteiger partial charge >= 0.3 is 19.9 Å². The van der Waals surface area contributed by atoms with Crippen molar-refractivity contribution in [1.82, 2.24) is 5.32 Å². The van der Waals surface area contributed by atoms with Gasteiger partial charge in [-0.15, -0.1) is 6.58 Å². The molecule has 0 aromatic rings. The molecule has 0 aromatic heterocycles. The van der Waals surface area contributed by atoms with Gasteiger partial charge in [-0.25, -0.2) is 9.36 Å². The zero-order chi connectivity index (χ0) is 35.2. The van der Waals surface area contributed by atoms with E-state index in [1.54, 1.807) is 20.8 Å². The van der Waals surface area contributed by atoms with Crippen molar-refractivity contribution in [3.05, 3.63) is 12.7 Å². The molecule has 0 fully saturated rings. The number of phosphoric acid groups is 1. The summed E-state index contributed by atoms with van der Waals surface area (Å²) >= 11 is 0. The number of carbonyl (C=O) groups excluding carboxylic acids is 2. The smallest absolute Gasteiger partial charge is 0.462 e. The quantitative estimate of drug-likeness (QED) is 0.0304. The minimum atomic E-state index is -3.96. The van der Waals surface area contributed by atoms with Gasteiger partial charge in [0.25, 0.3) is 0 Å². The first-order valence-electron chi connectivity index (χ1n) is 18.1. The number of hydrogen-bond acceptors (Lipinski definition) is 10. The average Bonchev–Trinajstić information content (AvgIpc) is 3.01. The van der Waals surface area contributed by atoms with Gasteiger partial charge in [0.1, 0.15) is 11.7 Å². The van der Waals surface area contributed by atoms with Crippen LogP contribution in [-0.2, 0) is 37.1 Å². The van der Waals surface area contributed by atoms with Gasteiger partial charge in [0, 0.05) is 19.4 Å². The number of hydrogen-bond donors (Lipinski definition) is 2. The van der Waals surface area contributed by atoms with E-state index in [0.29, 0.717) is 19.4 Å². The second-order valence-electron chi connectivity index (χ2n) is 13.0. The van der Waals surface area contributed by atoms with E-state index in [1.165, 1.54) is 63.9 Å². The number of unbranched alkanes of at least 4 members (excludes halogenated alkanes) is 12. The molecule has 0 aromatic carbocycles. The Bertz CT molecular complexity index is 838. The highest BCUT2D eigenvalue weighted by Gasteiger charge is 2.29. The predicted octanol–water partition coefficient (Wildman–Crippen LogP) is 8.78. The molecule has 0 rings (SSSR count). The van der Waals surface area contributed by atoms with Crippen molar-refractivity contribution >= 4 is 19.9 Å². The average molecular weight is 693 g/mol. The zero-order valence-corrected chi connectivity index (χ0v) is 31.3. The van der Waals surface area contributed by atoms with Crippen LogP contribution in [-0.4, -0.2) is 69.4 Å². The Morgan fingerprint density at radius 3 is 1.98 bits per heavy atom. The van der Waals surface area contributed by atoms with E-state index in [2.05, 4.69) is 25.7 Å². The third-order valence-corrected chi connectivity index (χ3v) is 8.62. The van der Waals surface area contributed by atoms with E-state index in [-0.39, 0.29) is 45.0 Å². The fourth-order valence-electron chi connectivity index (χ4n) is 4.71. The van der Waals surface area contributed by atoms with Gasteiger partial charge in [-0.1, -0.05) is 97.0 Å². The molecular formula is C35H69N2O9P. The fraction of sp³-hybridized carbons (Fsp3) is 0.886. The summed E-state index contributed by atoms with van der Waals surface area (Å²) in [6.45, 7) is 13.4. The van der Waals surface area contributed by atoms with Crippen LogP contribution in [0.1, 0.15) is 144 Å². The summed E-state index contributed by atoms with van der Waals surface area (Å²) in [5.41, 5.74) is 4.77. The lowest BCUT2D eigenvalue weighted by Gasteiger charge is -2.25. The minimum absolute atomic E-state index is 0.0349. The van der Waals surface area contributed by atoms with E-state index < -0.39 is 25.6 Å². The number of nitrogens with one attached hydrogen (secondary N) is 1. The predicted molar refractivity (Wildman–Crippen MR) is 188 cm³/mol. The van der Waals surface area contributed by atoms with E-state index >= 15 is 0 Å². The standard InChI is InChI=1S/C35H69N2O9P/c1-7-10-12-14-15-16-17-19-21-23-33(38)45-32(22-20-18-13-11-8-2)24-27-41-29-31(37-34(39)46-35(4,5)6)30-44-47(40,42-26-9-3)43-28-25-36/h9,31-32H,3,7-8,10-30,36H2,1-2,4-6H3,(H,37,39)/t31-,32-,47?/m1/s1. The molecule has 0 aliphatic heterocycles. The maximum Gasteiger partial charge on any atom is 0.475 e.